The standard InChI is InChI=1S/C15H22O4/c1-8(2)5-6-10-13(17)12(15(19)14(10)18)11(16)7-9(3)4/h5,9-10,14,18-19H,6-7H2,1-4H3/t10-,14?/m1/s1. The lowest BCUT2D eigenvalue weighted by Gasteiger charge is -2.11. The summed E-state index contributed by atoms with van der Waals surface area (Å²) in [4.78, 5) is 24.1. The van der Waals surface area contributed by atoms with E-state index in [4.69, 9.17) is 0 Å². The molecule has 2 N–H and O–H groups in total. The molecular formula is C15H22O4. The molecule has 1 aliphatic carbocycles. The van der Waals surface area contributed by atoms with Crippen molar-refractivity contribution in [1.82, 2.24) is 0 Å². The van der Waals surface area contributed by atoms with Crippen LogP contribution in [0, 0.1) is 11.8 Å². The molecule has 0 saturated carbocycles. The van der Waals surface area contributed by atoms with E-state index in [2.05, 4.69) is 0 Å². The number of aliphatic hydroxyl groups is 2. The Bertz CT molecular complexity index is 439. The van der Waals surface area contributed by atoms with Crippen molar-refractivity contribution in [1.29, 1.82) is 0 Å². The van der Waals surface area contributed by atoms with E-state index in [9.17, 15) is 19.8 Å². The smallest absolute Gasteiger partial charge is 0.176 e. The van der Waals surface area contributed by atoms with Gasteiger partial charge < -0.3 is 10.2 Å². The topological polar surface area (TPSA) is 74.6 Å². The van der Waals surface area contributed by atoms with Gasteiger partial charge in [-0.15, -0.1) is 0 Å². The summed E-state index contributed by atoms with van der Waals surface area (Å²) in [6.07, 6.45) is 1.11. The fourth-order valence-corrected chi connectivity index (χ4v) is 2.15. The fourth-order valence-electron chi connectivity index (χ4n) is 2.15. The van der Waals surface area contributed by atoms with E-state index in [1.54, 1.807) is 0 Å². The number of carbonyl (C=O) groups excluding carboxylic acids is 2. The van der Waals surface area contributed by atoms with Crippen molar-refractivity contribution < 1.29 is 19.8 Å². The van der Waals surface area contributed by atoms with Crippen LogP contribution < -0.4 is 0 Å². The second kappa shape index (κ2) is 6.15. The molecule has 4 heteroatoms. The van der Waals surface area contributed by atoms with E-state index < -0.39 is 23.6 Å². The predicted octanol–water partition coefficient (Wildman–Crippen LogP) is 2.33. The Morgan fingerprint density at radius 1 is 1.37 bits per heavy atom. The van der Waals surface area contributed by atoms with Crippen LogP contribution in [0.2, 0.25) is 0 Å². The highest BCUT2D eigenvalue weighted by atomic mass is 16.3. The normalized spacial score (nSPS) is 23.2. The molecule has 0 spiro atoms. The second-order valence-electron chi connectivity index (χ2n) is 5.71. The van der Waals surface area contributed by atoms with Crippen LogP contribution in [-0.4, -0.2) is 27.9 Å². The maximum absolute atomic E-state index is 12.1. The Balaban J connectivity index is 2.92. The average Bonchev–Trinajstić information content (AvgIpc) is 2.47. The summed E-state index contributed by atoms with van der Waals surface area (Å²) < 4.78 is 0. The van der Waals surface area contributed by atoms with Crippen molar-refractivity contribution >= 4 is 11.6 Å². The van der Waals surface area contributed by atoms with Gasteiger partial charge >= 0.3 is 0 Å². The Labute approximate surface area is 113 Å². The lowest BCUT2D eigenvalue weighted by Crippen LogP contribution is -2.23. The van der Waals surface area contributed by atoms with Gasteiger partial charge in [-0.25, -0.2) is 0 Å². The van der Waals surface area contributed by atoms with E-state index >= 15 is 0 Å². The van der Waals surface area contributed by atoms with E-state index in [1.165, 1.54) is 0 Å². The van der Waals surface area contributed by atoms with E-state index in [1.807, 2.05) is 33.8 Å². The van der Waals surface area contributed by atoms with Gasteiger partial charge in [0, 0.05) is 6.42 Å². The SMILES string of the molecule is CC(C)=CC[C@@H]1C(=O)C(C(=O)CC(C)C)=C(O)C1O. The molecule has 0 aromatic heterocycles. The number of allylic oxidation sites excluding steroid dienone is 3. The first-order valence-electron chi connectivity index (χ1n) is 6.57. The molecule has 2 atom stereocenters. The minimum absolute atomic E-state index is 0.106. The van der Waals surface area contributed by atoms with E-state index in [0.29, 0.717) is 6.42 Å². The second-order valence-corrected chi connectivity index (χ2v) is 5.71. The largest absolute Gasteiger partial charge is 0.509 e. The minimum atomic E-state index is -1.26. The third-order valence-electron chi connectivity index (χ3n) is 3.15. The number of hydrogen-bond acceptors (Lipinski definition) is 4. The number of hydrogen-bond donors (Lipinski definition) is 2. The van der Waals surface area contributed by atoms with Crippen LogP contribution in [-0.2, 0) is 9.59 Å². The summed E-state index contributed by atoms with van der Waals surface area (Å²) in [7, 11) is 0. The van der Waals surface area contributed by atoms with Crippen molar-refractivity contribution in [2.75, 3.05) is 0 Å². The molecule has 106 valence electrons. The van der Waals surface area contributed by atoms with Crippen molar-refractivity contribution in [3.05, 3.63) is 23.0 Å². The monoisotopic (exact) mass is 266 g/mol. The molecule has 1 rings (SSSR count). The van der Waals surface area contributed by atoms with Gasteiger partial charge in [-0.1, -0.05) is 25.5 Å². The molecule has 1 aliphatic rings. The van der Waals surface area contributed by atoms with Crippen LogP contribution in [0.1, 0.15) is 40.5 Å². The predicted molar refractivity (Wildman–Crippen MR) is 72.7 cm³/mol. The molecule has 0 saturated heterocycles. The van der Waals surface area contributed by atoms with Crippen LogP contribution in [0.4, 0.5) is 0 Å². The summed E-state index contributed by atoms with van der Waals surface area (Å²) in [5, 5.41) is 19.7. The van der Waals surface area contributed by atoms with Crippen molar-refractivity contribution in [3.8, 4) is 0 Å². The zero-order valence-electron chi connectivity index (χ0n) is 11.9. The number of ketones is 2. The number of carbonyl (C=O) groups is 2. The zero-order chi connectivity index (χ0) is 14.7. The molecular weight excluding hydrogens is 244 g/mol. The summed E-state index contributed by atoms with van der Waals surface area (Å²) >= 11 is 0. The van der Waals surface area contributed by atoms with Crippen LogP contribution in [0.25, 0.3) is 0 Å². The summed E-state index contributed by atoms with van der Waals surface area (Å²) in [5.74, 6) is -1.90. The Kier molecular flexibility index (Phi) is 5.06. The minimum Gasteiger partial charge on any atom is -0.509 e. The third-order valence-corrected chi connectivity index (χ3v) is 3.15. The van der Waals surface area contributed by atoms with Gasteiger partial charge in [-0.05, 0) is 26.2 Å². The molecule has 0 aromatic rings. The number of aliphatic hydroxyl groups excluding tert-OH is 2. The molecule has 0 radical (unpaired) electrons. The van der Waals surface area contributed by atoms with Gasteiger partial charge in [-0.3, -0.25) is 9.59 Å². The van der Waals surface area contributed by atoms with Crippen LogP contribution >= 0.6 is 0 Å². The van der Waals surface area contributed by atoms with Crippen LogP contribution in [0.15, 0.2) is 23.0 Å². The third kappa shape index (κ3) is 3.53. The van der Waals surface area contributed by atoms with Gasteiger partial charge in [-0.2, -0.15) is 0 Å². The highest BCUT2D eigenvalue weighted by Crippen LogP contribution is 2.31. The molecule has 0 aromatic carbocycles. The van der Waals surface area contributed by atoms with Crippen molar-refractivity contribution in [2.24, 2.45) is 11.8 Å². The van der Waals surface area contributed by atoms with Gasteiger partial charge in [0.05, 0.1) is 5.92 Å². The molecule has 0 fully saturated rings. The molecule has 0 amide bonds. The fraction of sp³-hybridized carbons (Fsp3) is 0.600. The molecule has 1 unspecified atom stereocenters. The molecule has 0 bridgehead atoms. The summed E-state index contributed by atoms with van der Waals surface area (Å²) in [6.45, 7) is 7.52. The Hall–Kier alpha value is -1.42. The first kappa shape index (κ1) is 15.6. The van der Waals surface area contributed by atoms with Crippen LogP contribution in [0.3, 0.4) is 0 Å². The van der Waals surface area contributed by atoms with Gasteiger partial charge in [0.1, 0.15) is 17.4 Å². The van der Waals surface area contributed by atoms with Crippen molar-refractivity contribution in [3.63, 3.8) is 0 Å². The Morgan fingerprint density at radius 2 is 1.95 bits per heavy atom. The quantitative estimate of drug-likeness (QED) is 0.591. The van der Waals surface area contributed by atoms with Gasteiger partial charge in [0.15, 0.2) is 11.6 Å². The van der Waals surface area contributed by atoms with Crippen LogP contribution in [0.5, 0.6) is 0 Å². The average molecular weight is 266 g/mol. The molecule has 0 heterocycles. The lowest BCUT2D eigenvalue weighted by molar-refractivity contribution is -0.124. The first-order chi connectivity index (χ1) is 8.75. The molecule has 4 nitrogen and oxygen atoms in total. The van der Waals surface area contributed by atoms with Gasteiger partial charge in [0.25, 0.3) is 0 Å². The molecule has 19 heavy (non-hydrogen) atoms. The number of rotatable bonds is 5. The lowest BCUT2D eigenvalue weighted by atomic mass is 9.94. The van der Waals surface area contributed by atoms with E-state index in [0.717, 1.165) is 5.57 Å². The van der Waals surface area contributed by atoms with E-state index in [-0.39, 0.29) is 23.7 Å². The summed E-state index contributed by atoms with van der Waals surface area (Å²) in [5.41, 5.74) is 0.829. The number of Topliss-reactive ketones (excluding diaryl/α,β-unsaturated/α-hetero) is 2. The van der Waals surface area contributed by atoms with Crippen molar-refractivity contribution in [2.45, 2.75) is 46.6 Å². The Morgan fingerprint density at radius 3 is 2.42 bits per heavy atom. The highest BCUT2D eigenvalue weighted by Gasteiger charge is 2.43. The first-order valence-corrected chi connectivity index (χ1v) is 6.57. The maximum atomic E-state index is 12.1. The maximum Gasteiger partial charge on any atom is 0.176 e. The highest BCUT2D eigenvalue weighted by molar-refractivity contribution is 6.23. The zero-order valence-corrected chi connectivity index (χ0v) is 11.9. The van der Waals surface area contributed by atoms with Gasteiger partial charge in [0.2, 0.25) is 0 Å². The summed E-state index contributed by atoms with van der Waals surface area (Å²) in [6, 6.07) is 0. The molecule has 0 aliphatic heterocycles.